The van der Waals surface area contributed by atoms with Crippen LogP contribution in [0.15, 0.2) is 65.7 Å². The number of benzene rings is 2. The van der Waals surface area contributed by atoms with E-state index >= 15 is 0 Å². The van der Waals surface area contributed by atoms with E-state index in [1.165, 1.54) is 42.8 Å². The van der Waals surface area contributed by atoms with E-state index in [1.54, 1.807) is 25.1 Å². The van der Waals surface area contributed by atoms with E-state index in [0.29, 0.717) is 21.9 Å². The largest absolute Gasteiger partial charge is 0.435 e. The Morgan fingerprint density at radius 2 is 1.78 bits per heavy atom. The summed E-state index contributed by atoms with van der Waals surface area (Å²) < 4.78 is 61.5. The number of carbonyl (C=O) groups is 2. The summed E-state index contributed by atoms with van der Waals surface area (Å²) in [5, 5.41) is 8.77. The highest BCUT2D eigenvalue weighted by Gasteiger charge is 2.37. The number of nitrogens with zero attached hydrogens (tertiary/aromatic N) is 3. The summed E-state index contributed by atoms with van der Waals surface area (Å²) in [7, 11) is -3.09. The highest BCUT2D eigenvalue weighted by Crippen LogP contribution is 2.32. The van der Waals surface area contributed by atoms with Crippen molar-refractivity contribution in [3.63, 3.8) is 0 Å². The number of halogens is 5. The molecule has 0 bridgehead atoms. The Hall–Kier alpha value is -3.94. The maximum Gasteiger partial charge on any atom is 0.435 e. The number of amides is 2. The summed E-state index contributed by atoms with van der Waals surface area (Å²) in [5.74, 6) is -1.92. The Balaban J connectivity index is 1.70. The van der Waals surface area contributed by atoms with Gasteiger partial charge in [-0.15, -0.1) is 0 Å². The van der Waals surface area contributed by atoms with Crippen LogP contribution >= 0.6 is 23.2 Å². The molecule has 0 aliphatic heterocycles. The molecule has 1 unspecified atom stereocenters. The fourth-order valence-corrected chi connectivity index (χ4v) is 5.40. The van der Waals surface area contributed by atoms with Gasteiger partial charge in [-0.1, -0.05) is 41.4 Å². The number of alkyl halides is 3. The summed E-state index contributed by atoms with van der Waals surface area (Å²) in [6.07, 6.45) is -2.34. The summed E-state index contributed by atoms with van der Waals surface area (Å²) in [5.41, 5.74) is -1.20. The maximum absolute atomic E-state index is 13.5. The van der Waals surface area contributed by atoms with Crippen LogP contribution in [0.4, 0.5) is 18.9 Å². The minimum Gasteiger partial charge on any atom is -0.348 e. The normalized spacial score (nSPS) is 13.0. The molecule has 0 spiro atoms. The zero-order chi connectivity index (χ0) is 30.1. The molecule has 9 nitrogen and oxygen atoms in total. The SMILES string of the molecule is Cc1cc(Cl)cc(C(=O)NCc2ccccc2S(C)(=N)=O)c1NC(=O)c1cc(C(F)(F)F)nn1-c1ncccc1Cl. The summed E-state index contributed by atoms with van der Waals surface area (Å²) >= 11 is 12.3. The molecule has 0 aliphatic rings. The lowest BCUT2D eigenvalue weighted by Crippen LogP contribution is -2.26. The number of aromatic nitrogens is 3. The Kier molecular flexibility index (Phi) is 8.43. The second-order valence-electron chi connectivity index (χ2n) is 8.87. The fourth-order valence-electron chi connectivity index (χ4n) is 3.94. The van der Waals surface area contributed by atoms with Gasteiger partial charge in [0.25, 0.3) is 11.8 Å². The molecule has 41 heavy (non-hydrogen) atoms. The number of rotatable bonds is 7. The van der Waals surface area contributed by atoms with Crippen LogP contribution in [0.2, 0.25) is 10.0 Å². The van der Waals surface area contributed by atoms with Gasteiger partial charge in [0, 0.05) is 30.1 Å². The third-order valence-corrected chi connectivity index (χ3v) is 7.54. The van der Waals surface area contributed by atoms with Crippen LogP contribution in [0, 0.1) is 11.7 Å². The van der Waals surface area contributed by atoms with Crippen molar-refractivity contribution in [3.8, 4) is 5.82 Å². The first-order valence-corrected chi connectivity index (χ1v) is 14.4. The van der Waals surface area contributed by atoms with Crippen molar-refractivity contribution in [2.45, 2.75) is 24.5 Å². The van der Waals surface area contributed by atoms with E-state index in [1.807, 2.05) is 0 Å². The maximum atomic E-state index is 13.5. The third kappa shape index (κ3) is 6.69. The van der Waals surface area contributed by atoms with Gasteiger partial charge in [0.15, 0.2) is 11.5 Å². The molecule has 2 amide bonds. The van der Waals surface area contributed by atoms with Gasteiger partial charge in [0.05, 0.1) is 30.9 Å². The van der Waals surface area contributed by atoms with Crippen molar-refractivity contribution >= 4 is 50.4 Å². The molecule has 2 heterocycles. The van der Waals surface area contributed by atoms with Crippen molar-refractivity contribution in [1.82, 2.24) is 20.1 Å². The molecule has 2 aromatic heterocycles. The molecule has 15 heteroatoms. The van der Waals surface area contributed by atoms with Gasteiger partial charge in [-0.05, 0) is 48.4 Å². The first kappa shape index (κ1) is 30.0. The number of hydrogen-bond donors (Lipinski definition) is 3. The quantitative estimate of drug-likeness (QED) is 0.228. The Morgan fingerprint density at radius 3 is 2.44 bits per heavy atom. The number of nitrogens with one attached hydrogen (secondary N) is 3. The standard InChI is InChI=1S/C26H21Cl2F3N6O3S/c1-14-10-16(27)11-17(24(38)34-13-15-6-3-4-8-20(15)41(2,32)40)22(14)35-25(39)19-12-21(26(29,30)31)36-37(19)23-18(28)7-5-9-33-23/h3-12,32H,13H2,1-2H3,(H,34,38)(H,35,39). The molecule has 4 rings (SSSR count). The van der Waals surface area contributed by atoms with Crippen molar-refractivity contribution < 1.29 is 27.0 Å². The van der Waals surface area contributed by atoms with Crippen molar-refractivity contribution in [3.05, 3.63) is 98.9 Å². The fraction of sp³-hybridized carbons (Fsp3) is 0.154. The van der Waals surface area contributed by atoms with E-state index in [0.717, 1.165) is 0 Å². The lowest BCUT2D eigenvalue weighted by atomic mass is 10.1. The molecule has 0 fully saturated rings. The van der Waals surface area contributed by atoms with Crippen LogP contribution in [-0.2, 0) is 22.5 Å². The molecule has 0 saturated heterocycles. The summed E-state index contributed by atoms with van der Waals surface area (Å²) in [4.78, 5) is 30.8. The van der Waals surface area contributed by atoms with E-state index < -0.39 is 39.1 Å². The van der Waals surface area contributed by atoms with Gasteiger partial charge in [0.1, 0.15) is 5.69 Å². The first-order chi connectivity index (χ1) is 19.2. The van der Waals surface area contributed by atoms with Crippen LogP contribution in [-0.4, -0.2) is 37.0 Å². The van der Waals surface area contributed by atoms with Gasteiger partial charge in [0.2, 0.25) is 0 Å². The van der Waals surface area contributed by atoms with Gasteiger partial charge in [-0.25, -0.2) is 18.7 Å². The Morgan fingerprint density at radius 1 is 1.07 bits per heavy atom. The lowest BCUT2D eigenvalue weighted by Gasteiger charge is -2.16. The summed E-state index contributed by atoms with van der Waals surface area (Å²) in [6.45, 7) is 1.45. The van der Waals surface area contributed by atoms with Crippen LogP contribution in [0.1, 0.15) is 37.7 Å². The van der Waals surface area contributed by atoms with E-state index in [4.69, 9.17) is 28.0 Å². The zero-order valence-corrected chi connectivity index (χ0v) is 23.7. The monoisotopic (exact) mass is 624 g/mol. The minimum absolute atomic E-state index is 0.0154. The van der Waals surface area contributed by atoms with Crippen LogP contribution in [0.5, 0.6) is 0 Å². The second kappa shape index (κ2) is 11.5. The molecular formula is C26H21Cl2F3N6O3S. The van der Waals surface area contributed by atoms with E-state index in [2.05, 4.69) is 20.7 Å². The number of carbonyl (C=O) groups excluding carboxylic acids is 2. The molecule has 0 aliphatic carbocycles. The van der Waals surface area contributed by atoms with Crippen molar-refractivity contribution in [1.29, 1.82) is 4.78 Å². The predicted octanol–water partition coefficient (Wildman–Crippen LogP) is 6.12. The van der Waals surface area contributed by atoms with E-state index in [9.17, 15) is 27.0 Å². The average Bonchev–Trinajstić information content (AvgIpc) is 3.35. The minimum atomic E-state index is -4.88. The molecular weight excluding hydrogens is 604 g/mol. The van der Waals surface area contributed by atoms with Gasteiger partial charge in [-0.3, -0.25) is 9.59 Å². The van der Waals surface area contributed by atoms with Crippen LogP contribution in [0.3, 0.4) is 0 Å². The molecule has 3 N–H and O–H groups in total. The van der Waals surface area contributed by atoms with Crippen molar-refractivity contribution in [2.24, 2.45) is 0 Å². The van der Waals surface area contributed by atoms with Gasteiger partial charge in [-0.2, -0.15) is 18.3 Å². The third-order valence-electron chi connectivity index (χ3n) is 5.79. The number of pyridine rings is 1. The van der Waals surface area contributed by atoms with Crippen LogP contribution < -0.4 is 10.6 Å². The topological polar surface area (TPSA) is 130 Å². The highest BCUT2D eigenvalue weighted by molar-refractivity contribution is 7.91. The molecule has 2 aromatic carbocycles. The van der Waals surface area contributed by atoms with Crippen molar-refractivity contribution in [2.75, 3.05) is 11.6 Å². The summed E-state index contributed by atoms with van der Waals surface area (Å²) in [6, 6.07) is 12.6. The van der Waals surface area contributed by atoms with Gasteiger partial charge < -0.3 is 10.6 Å². The second-order valence-corrected chi connectivity index (χ2v) is 11.8. The number of anilines is 1. The smallest absolute Gasteiger partial charge is 0.348 e. The molecule has 4 aromatic rings. The zero-order valence-electron chi connectivity index (χ0n) is 21.3. The highest BCUT2D eigenvalue weighted by atomic mass is 35.5. The van der Waals surface area contributed by atoms with Crippen LogP contribution in [0.25, 0.3) is 5.82 Å². The molecule has 0 radical (unpaired) electrons. The Bertz CT molecular complexity index is 1770. The molecule has 1 atom stereocenters. The molecule has 214 valence electrons. The molecule has 0 saturated carbocycles. The Labute approximate surface area is 242 Å². The van der Waals surface area contributed by atoms with Gasteiger partial charge >= 0.3 is 6.18 Å². The predicted molar refractivity (Wildman–Crippen MR) is 148 cm³/mol. The first-order valence-electron chi connectivity index (χ1n) is 11.7. The number of aryl methyl sites for hydroxylation is 1. The number of hydrogen-bond acceptors (Lipinski definition) is 6. The average molecular weight is 625 g/mol. The van der Waals surface area contributed by atoms with E-state index in [-0.39, 0.29) is 38.6 Å². The lowest BCUT2D eigenvalue weighted by molar-refractivity contribution is -0.141.